The van der Waals surface area contributed by atoms with Gasteiger partial charge in [-0.05, 0) is 66.6 Å². The lowest BCUT2D eigenvalue weighted by atomic mass is 10.0. The highest BCUT2D eigenvalue weighted by atomic mass is 35.5. The molecule has 0 aromatic heterocycles. The number of aryl methyl sites for hydroxylation is 1. The third kappa shape index (κ3) is 9.98. The van der Waals surface area contributed by atoms with E-state index in [9.17, 15) is 18.0 Å². The van der Waals surface area contributed by atoms with Crippen molar-refractivity contribution >= 4 is 50.7 Å². The van der Waals surface area contributed by atoms with Crippen molar-refractivity contribution in [2.75, 3.05) is 23.7 Å². The zero-order chi connectivity index (χ0) is 31.7. The second kappa shape index (κ2) is 15.6. The Hall–Kier alpha value is -3.07. The minimum absolute atomic E-state index is 0.0326. The Morgan fingerprint density at radius 2 is 1.65 bits per heavy atom. The van der Waals surface area contributed by atoms with E-state index in [0.29, 0.717) is 34.3 Å². The Labute approximate surface area is 266 Å². The third-order valence-corrected chi connectivity index (χ3v) is 9.08. The molecule has 3 aromatic rings. The molecule has 0 fully saturated rings. The van der Waals surface area contributed by atoms with Crippen molar-refractivity contribution in [3.63, 3.8) is 0 Å². The van der Waals surface area contributed by atoms with Crippen LogP contribution >= 0.6 is 23.2 Å². The second-order valence-electron chi connectivity index (χ2n) is 11.3. The van der Waals surface area contributed by atoms with Gasteiger partial charge in [-0.3, -0.25) is 13.9 Å². The van der Waals surface area contributed by atoms with Gasteiger partial charge < -0.3 is 10.2 Å². The van der Waals surface area contributed by atoms with Crippen molar-refractivity contribution in [1.82, 2.24) is 10.2 Å². The third-order valence-electron chi connectivity index (χ3n) is 7.31. The van der Waals surface area contributed by atoms with Crippen LogP contribution in [-0.2, 0) is 32.6 Å². The fourth-order valence-corrected chi connectivity index (χ4v) is 6.28. The molecule has 0 aliphatic carbocycles. The van der Waals surface area contributed by atoms with Crippen LogP contribution in [0.5, 0.6) is 0 Å². The van der Waals surface area contributed by atoms with E-state index in [0.717, 1.165) is 16.7 Å². The van der Waals surface area contributed by atoms with Crippen LogP contribution < -0.4 is 9.62 Å². The first-order valence-electron chi connectivity index (χ1n) is 14.4. The summed E-state index contributed by atoms with van der Waals surface area (Å²) in [5, 5.41) is 3.86. The van der Waals surface area contributed by atoms with Crippen LogP contribution in [0.4, 0.5) is 5.69 Å². The number of nitrogens with zero attached hydrogens (tertiary/aromatic N) is 2. The molecule has 0 spiro atoms. The number of nitrogens with one attached hydrogen (secondary N) is 1. The smallest absolute Gasteiger partial charge is 0.243 e. The minimum Gasteiger partial charge on any atom is -0.354 e. The predicted molar refractivity (Wildman–Crippen MR) is 176 cm³/mol. The normalized spacial score (nSPS) is 12.2. The highest BCUT2D eigenvalue weighted by Gasteiger charge is 2.31. The summed E-state index contributed by atoms with van der Waals surface area (Å²) in [6.45, 7) is 8.50. The number of hydrogen-bond acceptors (Lipinski definition) is 4. The number of benzene rings is 3. The Balaban J connectivity index is 1.93. The van der Waals surface area contributed by atoms with Crippen molar-refractivity contribution in [1.29, 1.82) is 0 Å². The largest absolute Gasteiger partial charge is 0.354 e. The van der Waals surface area contributed by atoms with Gasteiger partial charge in [0.2, 0.25) is 21.8 Å². The number of rotatable bonds is 14. The van der Waals surface area contributed by atoms with Gasteiger partial charge in [-0.1, -0.05) is 85.6 Å². The number of hydrogen-bond donors (Lipinski definition) is 1. The van der Waals surface area contributed by atoms with Crippen LogP contribution in [0.1, 0.15) is 48.9 Å². The Kier molecular flexibility index (Phi) is 12.5. The monoisotopic (exact) mass is 645 g/mol. The van der Waals surface area contributed by atoms with Gasteiger partial charge in [0.15, 0.2) is 0 Å². The topological polar surface area (TPSA) is 86.8 Å². The molecule has 0 unspecified atom stereocenters. The van der Waals surface area contributed by atoms with Crippen molar-refractivity contribution < 1.29 is 18.0 Å². The fraction of sp³-hybridized carbons (Fsp3) is 0.394. The first-order valence-corrected chi connectivity index (χ1v) is 17.0. The van der Waals surface area contributed by atoms with Crippen LogP contribution in [0.25, 0.3) is 0 Å². The molecular formula is C33H41Cl2N3O4S. The van der Waals surface area contributed by atoms with Crippen molar-refractivity contribution in [3.05, 3.63) is 99.0 Å². The van der Waals surface area contributed by atoms with E-state index in [1.165, 1.54) is 10.6 Å². The number of anilines is 1. The van der Waals surface area contributed by atoms with Crippen LogP contribution in [0.15, 0.2) is 66.7 Å². The number of halogens is 2. The van der Waals surface area contributed by atoms with Gasteiger partial charge in [-0.25, -0.2) is 8.42 Å². The van der Waals surface area contributed by atoms with Gasteiger partial charge in [0, 0.05) is 42.5 Å². The van der Waals surface area contributed by atoms with Gasteiger partial charge in [0.25, 0.3) is 0 Å². The number of sulfonamides is 1. The number of amides is 2. The van der Waals surface area contributed by atoms with E-state index in [4.69, 9.17) is 23.2 Å². The Morgan fingerprint density at radius 3 is 2.28 bits per heavy atom. The highest BCUT2D eigenvalue weighted by molar-refractivity contribution is 7.92. The Bertz CT molecular complexity index is 1510. The maximum absolute atomic E-state index is 14.0. The number of carbonyl (C=O) groups is 2. The summed E-state index contributed by atoms with van der Waals surface area (Å²) >= 11 is 12.7. The van der Waals surface area contributed by atoms with Crippen LogP contribution in [0.2, 0.25) is 10.0 Å². The molecule has 10 heteroatoms. The van der Waals surface area contributed by atoms with Gasteiger partial charge in [-0.2, -0.15) is 0 Å². The average Bonchev–Trinajstić information content (AvgIpc) is 2.94. The van der Waals surface area contributed by atoms with Gasteiger partial charge in [0.1, 0.15) is 6.04 Å². The summed E-state index contributed by atoms with van der Waals surface area (Å²) < 4.78 is 26.9. The van der Waals surface area contributed by atoms with Gasteiger partial charge in [0.05, 0.1) is 11.9 Å². The van der Waals surface area contributed by atoms with E-state index >= 15 is 0 Å². The molecule has 0 aliphatic heterocycles. The molecule has 0 saturated heterocycles. The minimum atomic E-state index is -3.61. The lowest BCUT2D eigenvalue weighted by Gasteiger charge is -2.32. The van der Waals surface area contributed by atoms with Gasteiger partial charge in [-0.15, -0.1) is 0 Å². The molecular weight excluding hydrogens is 605 g/mol. The first-order chi connectivity index (χ1) is 20.3. The van der Waals surface area contributed by atoms with Gasteiger partial charge >= 0.3 is 0 Å². The van der Waals surface area contributed by atoms with E-state index in [1.807, 2.05) is 70.2 Å². The van der Waals surface area contributed by atoms with Crippen LogP contribution in [-0.4, -0.2) is 50.5 Å². The summed E-state index contributed by atoms with van der Waals surface area (Å²) in [5.74, 6) is -0.312. The second-order valence-corrected chi connectivity index (χ2v) is 14.0. The Morgan fingerprint density at radius 1 is 0.953 bits per heavy atom. The molecule has 0 bridgehead atoms. The standard InChI is InChI=1S/C33H41Cl2N3O4S/c1-23(2)21-36-33(40)31(19-26-12-7-6-8-13-26)37(22-27-16-17-28(34)20-29(27)35)32(39)15-10-18-38(43(5,41)42)30-14-9-11-24(3)25(30)4/h6-9,11-14,16-17,20,23,31H,10,15,18-19,21-22H2,1-5H3,(H,36,40)/t31-/m1/s1. The molecule has 2 amide bonds. The first kappa shape index (κ1) is 34.4. The summed E-state index contributed by atoms with van der Waals surface area (Å²) in [5.41, 5.74) is 4.00. The lowest BCUT2D eigenvalue weighted by Crippen LogP contribution is -2.51. The van der Waals surface area contributed by atoms with Crippen molar-refractivity contribution in [3.8, 4) is 0 Å². The molecule has 43 heavy (non-hydrogen) atoms. The molecule has 7 nitrogen and oxygen atoms in total. The van der Waals surface area contributed by atoms with E-state index < -0.39 is 16.1 Å². The van der Waals surface area contributed by atoms with Crippen LogP contribution in [0, 0.1) is 19.8 Å². The fourth-order valence-electron chi connectivity index (χ4n) is 4.80. The quantitative estimate of drug-likeness (QED) is 0.215. The number of carbonyl (C=O) groups excluding carboxylic acids is 2. The highest BCUT2D eigenvalue weighted by Crippen LogP contribution is 2.27. The molecule has 0 radical (unpaired) electrons. The SMILES string of the molecule is Cc1cccc(N(CCCC(=O)N(Cc2ccc(Cl)cc2Cl)[C@H](Cc2ccccc2)C(=O)NCC(C)C)S(C)(=O)=O)c1C. The van der Waals surface area contributed by atoms with Crippen molar-refractivity contribution in [2.45, 2.75) is 59.5 Å². The molecule has 0 aliphatic rings. The molecule has 0 heterocycles. The lowest BCUT2D eigenvalue weighted by molar-refractivity contribution is -0.141. The molecule has 1 N–H and O–H groups in total. The van der Waals surface area contributed by atoms with Crippen LogP contribution in [0.3, 0.4) is 0 Å². The average molecular weight is 647 g/mol. The van der Waals surface area contributed by atoms with Crippen molar-refractivity contribution in [2.24, 2.45) is 5.92 Å². The summed E-state index contributed by atoms with van der Waals surface area (Å²) in [4.78, 5) is 29.2. The molecule has 232 valence electrons. The van der Waals surface area contributed by atoms with E-state index in [-0.39, 0.29) is 43.7 Å². The maximum atomic E-state index is 14.0. The summed E-state index contributed by atoms with van der Waals surface area (Å²) in [6, 6.07) is 19.3. The zero-order valence-electron chi connectivity index (χ0n) is 25.4. The maximum Gasteiger partial charge on any atom is 0.243 e. The molecule has 1 atom stereocenters. The van der Waals surface area contributed by atoms with E-state index in [1.54, 1.807) is 29.2 Å². The van der Waals surface area contributed by atoms with E-state index in [2.05, 4.69) is 5.32 Å². The predicted octanol–water partition coefficient (Wildman–Crippen LogP) is 6.57. The molecule has 3 aromatic carbocycles. The molecule has 3 rings (SSSR count). The summed E-state index contributed by atoms with van der Waals surface area (Å²) in [6.07, 6.45) is 1.76. The summed E-state index contributed by atoms with van der Waals surface area (Å²) in [7, 11) is -3.61. The molecule has 0 saturated carbocycles. The zero-order valence-corrected chi connectivity index (χ0v) is 27.8.